The van der Waals surface area contributed by atoms with Gasteiger partial charge in [-0.2, -0.15) is 0 Å². The van der Waals surface area contributed by atoms with Crippen molar-refractivity contribution in [3.05, 3.63) is 21.7 Å². The van der Waals surface area contributed by atoms with Gasteiger partial charge in [-0.25, -0.2) is 0 Å². The molecule has 0 spiro atoms. The normalized spacial score (nSPS) is 9.20. The second-order valence-corrected chi connectivity index (χ2v) is 4.38. The van der Waals surface area contributed by atoms with Crippen LogP contribution in [0.2, 0.25) is 0 Å². The maximum atomic E-state index is 2.23. The molecule has 0 saturated carbocycles. The molecule has 0 saturated heterocycles. The molecule has 0 atom stereocenters. The molecule has 0 N–H and O–H groups in total. The third kappa shape index (κ3) is 1.70. The van der Waals surface area contributed by atoms with Gasteiger partial charge in [0.2, 0.25) is 0 Å². The van der Waals surface area contributed by atoms with Gasteiger partial charge in [-0.3, -0.25) is 0 Å². The van der Waals surface area contributed by atoms with Crippen LogP contribution >= 0.6 is 8.19 Å². The van der Waals surface area contributed by atoms with Gasteiger partial charge in [0.05, 0.1) is 0 Å². The number of rotatable bonds is 0. The molecule has 0 fully saturated rings. The van der Waals surface area contributed by atoms with Gasteiger partial charge in [-0.1, -0.05) is 0 Å². The Balaban J connectivity index is 0.000000810. The summed E-state index contributed by atoms with van der Waals surface area (Å²) in [6.07, 6.45) is 0. The molecule has 0 aliphatic heterocycles. The molecule has 0 aromatic carbocycles. The summed E-state index contributed by atoms with van der Waals surface area (Å²) in [5.41, 5.74) is 3.04. The van der Waals surface area contributed by atoms with Crippen LogP contribution in [-0.4, -0.2) is 0 Å². The topological polar surface area (TPSA) is 0 Å². The standard InChI is InChI=1S/C8H13P.Li/c1-5-6(2)8(4)9-7(5)3;/h9H,1-4H3;/q;+1. The molecular weight excluding hydrogens is 134 g/mol. The SMILES string of the molecule is Cc1[pH]c(C)c(C)c1C.[Li+]. The quantitative estimate of drug-likeness (QED) is 0.451. The number of hydrogen-bond acceptors (Lipinski definition) is 0. The second kappa shape index (κ2) is 3.68. The fourth-order valence-corrected chi connectivity index (χ4v) is 2.34. The fraction of sp³-hybridized carbons (Fsp3) is 0.500. The first-order chi connectivity index (χ1) is 4.13. The van der Waals surface area contributed by atoms with Gasteiger partial charge in [-0.15, -0.1) is 8.19 Å². The Hall–Kier alpha value is 0.377. The molecule has 1 rings (SSSR count). The Kier molecular flexibility index (Phi) is 3.82. The zero-order valence-corrected chi connectivity index (χ0v) is 8.50. The van der Waals surface area contributed by atoms with Crippen molar-refractivity contribution < 1.29 is 18.9 Å². The van der Waals surface area contributed by atoms with Crippen LogP contribution in [0.1, 0.15) is 21.7 Å². The number of hydrogen-bond donors (Lipinski definition) is 0. The average molecular weight is 147 g/mol. The molecule has 0 radical (unpaired) electrons. The van der Waals surface area contributed by atoms with E-state index in [9.17, 15) is 0 Å². The molecule has 0 aliphatic carbocycles. The van der Waals surface area contributed by atoms with Crippen LogP contribution in [-0.2, 0) is 0 Å². The van der Waals surface area contributed by atoms with Gasteiger partial charge < -0.3 is 0 Å². The smallest absolute Gasteiger partial charge is 0.133 e. The van der Waals surface area contributed by atoms with Crippen molar-refractivity contribution in [3.63, 3.8) is 0 Å². The monoisotopic (exact) mass is 147 g/mol. The summed E-state index contributed by atoms with van der Waals surface area (Å²) in [7, 11) is 0.976. The van der Waals surface area contributed by atoms with Crippen molar-refractivity contribution >= 4 is 8.19 Å². The molecule has 0 aliphatic rings. The Morgan fingerprint density at radius 2 is 1.10 bits per heavy atom. The van der Waals surface area contributed by atoms with E-state index in [0.29, 0.717) is 0 Å². The zero-order valence-electron chi connectivity index (χ0n) is 7.50. The van der Waals surface area contributed by atoms with Crippen LogP contribution in [0.4, 0.5) is 0 Å². The van der Waals surface area contributed by atoms with Crippen LogP contribution in [0.15, 0.2) is 0 Å². The molecule has 0 unspecified atom stereocenters. The summed E-state index contributed by atoms with van der Waals surface area (Å²) in [6.45, 7) is 8.89. The first-order valence-electron chi connectivity index (χ1n) is 3.25. The van der Waals surface area contributed by atoms with Crippen molar-refractivity contribution in [2.75, 3.05) is 0 Å². The van der Waals surface area contributed by atoms with Crippen LogP contribution in [0, 0.1) is 27.7 Å². The van der Waals surface area contributed by atoms with Crippen LogP contribution in [0.3, 0.4) is 0 Å². The molecule has 0 amide bonds. The molecule has 0 nitrogen and oxygen atoms in total. The summed E-state index contributed by atoms with van der Waals surface area (Å²) in [4.78, 5) is 0. The molecule has 10 heavy (non-hydrogen) atoms. The average Bonchev–Trinajstić information content (AvgIpc) is 1.98. The Bertz CT molecular complexity index is 203. The third-order valence-corrected chi connectivity index (χ3v) is 3.56. The van der Waals surface area contributed by atoms with Crippen molar-refractivity contribution in [2.45, 2.75) is 27.7 Å². The summed E-state index contributed by atoms with van der Waals surface area (Å²) < 4.78 is 0. The van der Waals surface area contributed by atoms with Crippen LogP contribution in [0.5, 0.6) is 0 Å². The summed E-state index contributed by atoms with van der Waals surface area (Å²) in [5, 5.41) is 3.15. The predicted molar refractivity (Wildman–Crippen MR) is 44.9 cm³/mol. The Morgan fingerprint density at radius 3 is 1.20 bits per heavy atom. The van der Waals surface area contributed by atoms with Crippen LogP contribution < -0.4 is 18.9 Å². The van der Waals surface area contributed by atoms with E-state index in [4.69, 9.17) is 0 Å². The minimum Gasteiger partial charge on any atom is -0.133 e. The van der Waals surface area contributed by atoms with E-state index in [1.54, 1.807) is 10.6 Å². The Morgan fingerprint density at radius 1 is 0.800 bits per heavy atom. The maximum absolute atomic E-state index is 2.23. The van der Waals surface area contributed by atoms with Crippen molar-refractivity contribution in [2.24, 2.45) is 0 Å². The predicted octanol–water partition coefficient (Wildman–Crippen LogP) is -0.0444. The van der Waals surface area contributed by atoms with E-state index in [1.165, 1.54) is 11.1 Å². The van der Waals surface area contributed by atoms with Crippen molar-refractivity contribution in [1.29, 1.82) is 0 Å². The zero-order chi connectivity index (χ0) is 7.02. The minimum absolute atomic E-state index is 0. The third-order valence-electron chi connectivity index (χ3n) is 2.06. The molecular formula is C8H13LiP+. The number of aryl methyl sites for hydroxylation is 2. The van der Waals surface area contributed by atoms with E-state index in [2.05, 4.69) is 27.7 Å². The van der Waals surface area contributed by atoms with Gasteiger partial charge in [-0.05, 0) is 49.4 Å². The van der Waals surface area contributed by atoms with E-state index in [1.807, 2.05) is 0 Å². The van der Waals surface area contributed by atoms with Crippen molar-refractivity contribution in [3.8, 4) is 0 Å². The van der Waals surface area contributed by atoms with Gasteiger partial charge in [0.1, 0.15) is 0 Å². The van der Waals surface area contributed by atoms with Gasteiger partial charge in [0, 0.05) is 0 Å². The van der Waals surface area contributed by atoms with Gasteiger partial charge in [0.25, 0.3) is 0 Å². The molecule has 1 aromatic heterocycles. The van der Waals surface area contributed by atoms with E-state index < -0.39 is 0 Å². The van der Waals surface area contributed by atoms with Gasteiger partial charge >= 0.3 is 18.9 Å². The molecule has 50 valence electrons. The summed E-state index contributed by atoms with van der Waals surface area (Å²) in [6, 6.07) is 0. The largest absolute Gasteiger partial charge is 1.00 e. The van der Waals surface area contributed by atoms with Gasteiger partial charge in [0.15, 0.2) is 0 Å². The Labute approximate surface area is 76.7 Å². The molecule has 0 bridgehead atoms. The fourth-order valence-electron chi connectivity index (χ4n) is 1.03. The van der Waals surface area contributed by atoms with E-state index >= 15 is 0 Å². The first kappa shape index (κ1) is 10.4. The van der Waals surface area contributed by atoms with Crippen LogP contribution in [0.25, 0.3) is 0 Å². The molecule has 1 heterocycles. The van der Waals surface area contributed by atoms with E-state index in [0.717, 1.165) is 8.19 Å². The van der Waals surface area contributed by atoms with Crippen molar-refractivity contribution in [1.82, 2.24) is 0 Å². The summed E-state index contributed by atoms with van der Waals surface area (Å²) >= 11 is 0. The second-order valence-electron chi connectivity index (χ2n) is 2.62. The molecule has 2 heteroatoms. The first-order valence-corrected chi connectivity index (χ1v) is 4.25. The van der Waals surface area contributed by atoms with E-state index in [-0.39, 0.29) is 18.9 Å². The minimum atomic E-state index is 0. The molecule has 1 aromatic rings. The maximum Gasteiger partial charge on any atom is 1.00 e. The summed E-state index contributed by atoms with van der Waals surface area (Å²) in [5.74, 6) is 0.